The second kappa shape index (κ2) is 4.89. The first-order valence-electron chi connectivity index (χ1n) is 8.26. The maximum Gasteiger partial charge on any atom is 0.137 e. The summed E-state index contributed by atoms with van der Waals surface area (Å²) in [6, 6.07) is 3.95. The predicted molar refractivity (Wildman–Crippen MR) is 85.6 cm³/mol. The minimum absolute atomic E-state index is 0.218. The molecule has 0 atom stereocenters. The molecule has 3 heteroatoms. The lowest BCUT2D eigenvalue weighted by molar-refractivity contribution is -0.0206. The van der Waals surface area contributed by atoms with Crippen LogP contribution in [-0.4, -0.2) is 10.6 Å². The van der Waals surface area contributed by atoms with Crippen molar-refractivity contribution in [1.82, 2.24) is 5.32 Å². The van der Waals surface area contributed by atoms with E-state index < -0.39 is 0 Å². The Morgan fingerprint density at radius 1 is 1.14 bits per heavy atom. The molecule has 4 bridgehead atoms. The van der Waals surface area contributed by atoms with E-state index in [9.17, 15) is 5.11 Å². The molecule has 2 N–H and O–H groups in total. The molecule has 1 aromatic carbocycles. The third-order valence-corrected chi connectivity index (χ3v) is 6.31. The topological polar surface area (TPSA) is 32.3 Å². The summed E-state index contributed by atoms with van der Waals surface area (Å²) in [6.07, 6.45) is 8.53. The van der Waals surface area contributed by atoms with Crippen molar-refractivity contribution in [1.29, 1.82) is 0 Å². The predicted octanol–water partition coefficient (Wildman–Crippen LogP) is 4.41. The third-order valence-electron chi connectivity index (χ3n) is 6.02. The zero-order valence-electron chi connectivity index (χ0n) is 12.7. The Kier molecular flexibility index (Phi) is 3.24. The summed E-state index contributed by atoms with van der Waals surface area (Å²) in [5, 5.41) is 14.1. The van der Waals surface area contributed by atoms with Gasteiger partial charge in [-0.3, -0.25) is 0 Å². The lowest BCUT2D eigenvalue weighted by atomic mass is 9.53. The second-order valence-corrected chi connectivity index (χ2v) is 8.20. The number of aryl methyl sites for hydroxylation is 1. The van der Waals surface area contributed by atoms with E-state index in [1.54, 1.807) is 0 Å². The van der Waals surface area contributed by atoms with Crippen LogP contribution < -0.4 is 5.32 Å². The first-order chi connectivity index (χ1) is 10.0. The Balaban J connectivity index is 1.50. The molecule has 4 aliphatic rings. The largest absolute Gasteiger partial charge is 0.506 e. The molecule has 0 radical (unpaired) electrons. The number of nitrogens with one attached hydrogen (secondary N) is 1. The molecule has 2 nitrogen and oxygen atoms in total. The van der Waals surface area contributed by atoms with Gasteiger partial charge in [-0.1, -0.05) is 17.7 Å². The van der Waals surface area contributed by atoms with E-state index in [0.29, 0.717) is 10.6 Å². The summed E-state index contributed by atoms with van der Waals surface area (Å²) in [5.41, 5.74) is 2.43. The highest BCUT2D eigenvalue weighted by molar-refractivity contribution is 6.32. The summed E-state index contributed by atoms with van der Waals surface area (Å²) in [4.78, 5) is 0. The summed E-state index contributed by atoms with van der Waals surface area (Å²) in [6.45, 7) is 2.78. The smallest absolute Gasteiger partial charge is 0.137 e. The van der Waals surface area contributed by atoms with Crippen molar-refractivity contribution in [3.63, 3.8) is 0 Å². The molecule has 4 saturated carbocycles. The molecule has 5 rings (SSSR count). The van der Waals surface area contributed by atoms with Gasteiger partial charge in [0.25, 0.3) is 0 Å². The van der Waals surface area contributed by atoms with Gasteiger partial charge in [-0.05, 0) is 80.4 Å². The Labute approximate surface area is 131 Å². The van der Waals surface area contributed by atoms with Crippen molar-refractivity contribution in [3.05, 3.63) is 28.3 Å². The number of hydrogen-bond donors (Lipinski definition) is 2. The Morgan fingerprint density at radius 2 is 1.71 bits per heavy atom. The maximum atomic E-state index is 9.78. The molecule has 4 aliphatic carbocycles. The molecule has 0 heterocycles. The van der Waals surface area contributed by atoms with E-state index >= 15 is 0 Å². The minimum Gasteiger partial charge on any atom is -0.506 e. The molecular formula is C18H24ClNO. The molecule has 0 amide bonds. The van der Waals surface area contributed by atoms with E-state index in [-0.39, 0.29) is 5.75 Å². The summed E-state index contributed by atoms with van der Waals surface area (Å²) in [5.74, 6) is 3.12. The van der Waals surface area contributed by atoms with Crippen LogP contribution >= 0.6 is 11.6 Å². The van der Waals surface area contributed by atoms with Gasteiger partial charge in [0, 0.05) is 12.1 Å². The molecule has 0 unspecified atom stereocenters. The monoisotopic (exact) mass is 305 g/mol. The molecular weight excluding hydrogens is 282 g/mol. The molecule has 21 heavy (non-hydrogen) atoms. The van der Waals surface area contributed by atoms with Gasteiger partial charge in [-0.15, -0.1) is 0 Å². The van der Waals surface area contributed by atoms with Crippen molar-refractivity contribution in [3.8, 4) is 5.75 Å². The lowest BCUT2D eigenvalue weighted by Crippen LogP contribution is -2.58. The third kappa shape index (κ3) is 2.47. The van der Waals surface area contributed by atoms with Gasteiger partial charge in [-0.25, -0.2) is 0 Å². The number of phenols is 1. The molecule has 0 aromatic heterocycles. The first kappa shape index (κ1) is 13.9. The number of benzene rings is 1. The van der Waals surface area contributed by atoms with Crippen molar-refractivity contribution >= 4 is 11.6 Å². The van der Waals surface area contributed by atoms with Crippen LogP contribution in [0.5, 0.6) is 5.75 Å². The van der Waals surface area contributed by atoms with Crippen LogP contribution in [-0.2, 0) is 6.54 Å². The minimum atomic E-state index is 0.218. The average molecular weight is 306 g/mol. The van der Waals surface area contributed by atoms with Crippen LogP contribution in [0.25, 0.3) is 0 Å². The lowest BCUT2D eigenvalue weighted by Gasteiger charge is -2.57. The van der Waals surface area contributed by atoms with Crippen LogP contribution in [0.15, 0.2) is 12.1 Å². The number of hydrogen-bond acceptors (Lipinski definition) is 2. The fourth-order valence-electron chi connectivity index (χ4n) is 5.53. The number of rotatable bonds is 3. The van der Waals surface area contributed by atoms with Gasteiger partial charge >= 0.3 is 0 Å². The Bertz CT molecular complexity index is 510. The SMILES string of the molecule is Cc1cc(CNC23CC4CC(CC(C4)C2)C3)cc(Cl)c1O. The van der Waals surface area contributed by atoms with Gasteiger partial charge in [-0.2, -0.15) is 0 Å². The second-order valence-electron chi connectivity index (χ2n) is 7.79. The van der Waals surface area contributed by atoms with Crippen molar-refractivity contribution in [2.75, 3.05) is 0 Å². The van der Waals surface area contributed by atoms with E-state index in [4.69, 9.17) is 11.6 Å². The highest BCUT2D eigenvalue weighted by atomic mass is 35.5. The summed E-state index contributed by atoms with van der Waals surface area (Å²) < 4.78 is 0. The van der Waals surface area contributed by atoms with Crippen molar-refractivity contribution < 1.29 is 5.11 Å². The Hall–Kier alpha value is -0.730. The molecule has 0 spiro atoms. The van der Waals surface area contributed by atoms with Crippen LogP contribution in [0.2, 0.25) is 5.02 Å². The summed E-state index contributed by atoms with van der Waals surface area (Å²) in [7, 11) is 0. The zero-order chi connectivity index (χ0) is 14.6. The van der Waals surface area contributed by atoms with E-state index in [1.165, 1.54) is 44.1 Å². The fraction of sp³-hybridized carbons (Fsp3) is 0.667. The van der Waals surface area contributed by atoms with Crippen LogP contribution in [0.3, 0.4) is 0 Å². The van der Waals surface area contributed by atoms with Crippen molar-refractivity contribution in [2.24, 2.45) is 17.8 Å². The van der Waals surface area contributed by atoms with E-state index in [2.05, 4.69) is 11.4 Å². The zero-order valence-corrected chi connectivity index (χ0v) is 13.4. The number of aromatic hydroxyl groups is 1. The van der Waals surface area contributed by atoms with Gasteiger partial charge in [0.2, 0.25) is 0 Å². The molecule has 0 aliphatic heterocycles. The first-order valence-corrected chi connectivity index (χ1v) is 8.64. The molecule has 0 saturated heterocycles. The number of halogens is 1. The highest BCUT2D eigenvalue weighted by Crippen LogP contribution is 2.55. The molecule has 1 aromatic rings. The molecule has 4 fully saturated rings. The van der Waals surface area contributed by atoms with Crippen LogP contribution in [0.1, 0.15) is 49.7 Å². The van der Waals surface area contributed by atoms with Crippen molar-refractivity contribution in [2.45, 2.75) is 57.5 Å². The standard InChI is InChI=1S/C18H24ClNO/c1-11-2-15(6-16(19)17(11)21)10-20-18-7-12-3-13(8-18)5-14(4-12)9-18/h2,6,12-14,20-21H,3-5,7-10H2,1H3. The quantitative estimate of drug-likeness (QED) is 0.867. The Morgan fingerprint density at radius 3 is 2.24 bits per heavy atom. The van der Waals surface area contributed by atoms with Crippen LogP contribution in [0.4, 0.5) is 0 Å². The van der Waals surface area contributed by atoms with Gasteiger partial charge in [0.15, 0.2) is 0 Å². The average Bonchev–Trinajstić information content (AvgIpc) is 2.41. The van der Waals surface area contributed by atoms with Gasteiger partial charge in [0.05, 0.1) is 5.02 Å². The van der Waals surface area contributed by atoms with Crippen LogP contribution in [0, 0.1) is 24.7 Å². The van der Waals surface area contributed by atoms with E-state index in [0.717, 1.165) is 29.9 Å². The maximum absolute atomic E-state index is 9.78. The van der Waals surface area contributed by atoms with E-state index in [1.807, 2.05) is 13.0 Å². The fourth-order valence-corrected chi connectivity index (χ4v) is 5.82. The highest BCUT2D eigenvalue weighted by Gasteiger charge is 2.50. The van der Waals surface area contributed by atoms with Gasteiger partial charge in [0.1, 0.15) is 5.75 Å². The normalized spacial score (nSPS) is 37.1. The summed E-state index contributed by atoms with van der Waals surface area (Å²) >= 11 is 6.10. The number of phenolic OH excluding ortho intramolecular Hbond substituents is 1. The van der Waals surface area contributed by atoms with Gasteiger partial charge < -0.3 is 10.4 Å². The molecule has 114 valence electrons.